The number of benzene rings is 1. The Morgan fingerprint density at radius 3 is 2.68 bits per heavy atom. The van der Waals surface area contributed by atoms with Gasteiger partial charge in [0.1, 0.15) is 0 Å². The molecule has 0 N–H and O–H groups in total. The van der Waals surface area contributed by atoms with Gasteiger partial charge in [0.05, 0.1) is 33.0 Å². The van der Waals surface area contributed by atoms with E-state index in [9.17, 15) is 18.0 Å². The number of carbonyl (C=O) groups is 1. The van der Waals surface area contributed by atoms with Gasteiger partial charge in [-0.25, -0.2) is 9.78 Å². The first-order chi connectivity index (χ1) is 8.82. The zero-order valence-corrected chi connectivity index (χ0v) is 11.0. The first-order valence-electron chi connectivity index (χ1n) is 5.48. The van der Waals surface area contributed by atoms with Crippen LogP contribution in [0.1, 0.15) is 27.9 Å². The number of aryl methyl sites for hydroxylation is 1. The summed E-state index contributed by atoms with van der Waals surface area (Å²) in [5.74, 6) is -0.763. The maximum Gasteiger partial charge on any atom is 0.418 e. The first kappa shape index (κ1) is 13.8. The van der Waals surface area contributed by atoms with Crippen molar-refractivity contribution in [3.63, 3.8) is 0 Å². The molecule has 0 fully saturated rings. The zero-order valence-electron chi connectivity index (χ0n) is 10.2. The number of carbonyl (C=O) groups excluding carboxylic acids is 1. The Hall–Kier alpha value is -1.63. The van der Waals surface area contributed by atoms with Gasteiger partial charge in [-0.1, -0.05) is 0 Å². The molecule has 1 aromatic carbocycles. The monoisotopic (exact) mass is 289 g/mol. The molecule has 0 radical (unpaired) electrons. The third-order valence-electron chi connectivity index (χ3n) is 2.42. The van der Waals surface area contributed by atoms with Crippen LogP contribution in [0, 0.1) is 6.92 Å². The topological polar surface area (TPSA) is 39.2 Å². The minimum atomic E-state index is -4.55. The maximum atomic E-state index is 13.0. The van der Waals surface area contributed by atoms with E-state index >= 15 is 0 Å². The van der Waals surface area contributed by atoms with Crippen LogP contribution in [0.25, 0.3) is 10.2 Å². The van der Waals surface area contributed by atoms with Crippen molar-refractivity contribution in [2.75, 3.05) is 6.61 Å². The maximum absolute atomic E-state index is 13.0. The SMILES string of the molecule is CCOC(=O)c1cc(C(F)(F)F)c2nc(C)sc2c1. The molecule has 7 heteroatoms. The minimum absolute atomic E-state index is 0.106. The Morgan fingerprint density at radius 2 is 2.11 bits per heavy atom. The van der Waals surface area contributed by atoms with Gasteiger partial charge in [0.2, 0.25) is 0 Å². The van der Waals surface area contributed by atoms with Gasteiger partial charge in [-0.3, -0.25) is 0 Å². The molecule has 0 spiro atoms. The lowest BCUT2D eigenvalue weighted by atomic mass is 10.1. The van der Waals surface area contributed by atoms with Crippen molar-refractivity contribution in [3.8, 4) is 0 Å². The number of ether oxygens (including phenoxy) is 1. The molecule has 0 unspecified atom stereocenters. The van der Waals surface area contributed by atoms with Crippen LogP contribution < -0.4 is 0 Å². The van der Waals surface area contributed by atoms with Gasteiger partial charge in [-0.05, 0) is 26.0 Å². The second kappa shape index (κ2) is 4.80. The fourth-order valence-electron chi connectivity index (χ4n) is 1.69. The van der Waals surface area contributed by atoms with Gasteiger partial charge >= 0.3 is 12.1 Å². The van der Waals surface area contributed by atoms with E-state index in [1.165, 1.54) is 6.07 Å². The number of fused-ring (bicyclic) bond motifs is 1. The highest BCUT2D eigenvalue weighted by atomic mass is 32.1. The molecule has 0 aliphatic carbocycles. The van der Waals surface area contributed by atoms with Crippen molar-refractivity contribution < 1.29 is 22.7 Å². The number of esters is 1. The van der Waals surface area contributed by atoms with Crippen LogP contribution in [0.2, 0.25) is 0 Å². The largest absolute Gasteiger partial charge is 0.462 e. The van der Waals surface area contributed by atoms with Crippen molar-refractivity contribution in [2.45, 2.75) is 20.0 Å². The molecule has 3 nitrogen and oxygen atoms in total. The number of halogens is 3. The van der Waals surface area contributed by atoms with Gasteiger partial charge in [0.25, 0.3) is 0 Å². The van der Waals surface area contributed by atoms with Gasteiger partial charge in [-0.15, -0.1) is 11.3 Å². The van der Waals surface area contributed by atoms with Gasteiger partial charge in [0.15, 0.2) is 0 Å². The van der Waals surface area contributed by atoms with Gasteiger partial charge < -0.3 is 4.74 Å². The van der Waals surface area contributed by atoms with E-state index in [-0.39, 0.29) is 17.7 Å². The van der Waals surface area contributed by atoms with Crippen molar-refractivity contribution >= 4 is 27.5 Å². The van der Waals surface area contributed by atoms with Crippen LogP contribution in [-0.2, 0) is 10.9 Å². The number of thiazole rings is 1. The first-order valence-corrected chi connectivity index (χ1v) is 6.30. The number of rotatable bonds is 2. The summed E-state index contributed by atoms with van der Waals surface area (Å²) < 4.78 is 44.0. The zero-order chi connectivity index (χ0) is 14.2. The van der Waals surface area contributed by atoms with Crippen molar-refractivity contribution in [1.82, 2.24) is 4.98 Å². The molecule has 0 saturated heterocycles. The van der Waals surface area contributed by atoms with E-state index in [4.69, 9.17) is 4.74 Å². The average Bonchev–Trinajstić information content (AvgIpc) is 2.66. The normalized spacial score (nSPS) is 11.8. The molecule has 102 valence electrons. The molecular weight excluding hydrogens is 279 g/mol. The van der Waals surface area contributed by atoms with Crippen LogP contribution >= 0.6 is 11.3 Å². The van der Waals surface area contributed by atoms with Crippen LogP contribution in [-0.4, -0.2) is 17.6 Å². The lowest BCUT2D eigenvalue weighted by molar-refractivity contribution is -0.136. The summed E-state index contributed by atoms with van der Waals surface area (Å²) >= 11 is 1.11. The van der Waals surface area contributed by atoms with Crippen molar-refractivity contribution in [1.29, 1.82) is 0 Å². The third-order valence-corrected chi connectivity index (χ3v) is 3.34. The molecule has 0 atom stereocenters. The number of alkyl halides is 3. The molecule has 0 bridgehead atoms. The Bertz CT molecular complexity index is 634. The van der Waals surface area contributed by atoms with Crippen LogP contribution in [0.5, 0.6) is 0 Å². The fraction of sp³-hybridized carbons (Fsp3) is 0.333. The summed E-state index contributed by atoms with van der Waals surface area (Å²) in [5, 5.41) is 0.515. The quantitative estimate of drug-likeness (QED) is 0.789. The summed E-state index contributed by atoms with van der Waals surface area (Å²) in [4.78, 5) is 15.4. The number of nitrogens with zero attached hydrogens (tertiary/aromatic N) is 1. The molecular formula is C12H10F3NO2S. The lowest BCUT2D eigenvalue weighted by Gasteiger charge is -2.09. The second-order valence-corrected chi connectivity index (χ2v) is 5.06. The van der Waals surface area contributed by atoms with Crippen molar-refractivity contribution in [2.24, 2.45) is 0 Å². The van der Waals surface area contributed by atoms with Crippen LogP contribution in [0.15, 0.2) is 12.1 Å². The van der Waals surface area contributed by atoms with E-state index in [1.807, 2.05) is 0 Å². The highest BCUT2D eigenvalue weighted by molar-refractivity contribution is 7.18. The Kier molecular flexibility index (Phi) is 3.49. The van der Waals surface area contributed by atoms with Crippen LogP contribution in [0.3, 0.4) is 0 Å². The van der Waals surface area contributed by atoms with Crippen LogP contribution in [0.4, 0.5) is 13.2 Å². The predicted octanol–water partition coefficient (Wildman–Crippen LogP) is 3.80. The Morgan fingerprint density at radius 1 is 1.42 bits per heavy atom. The number of hydrogen-bond donors (Lipinski definition) is 0. The molecule has 19 heavy (non-hydrogen) atoms. The van der Waals surface area contributed by atoms with Gasteiger partial charge in [0, 0.05) is 0 Å². The summed E-state index contributed by atoms with van der Waals surface area (Å²) in [6.45, 7) is 3.33. The molecule has 0 aliphatic rings. The summed E-state index contributed by atoms with van der Waals surface area (Å²) in [7, 11) is 0. The highest BCUT2D eigenvalue weighted by Crippen LogP contribution is 2.37. The lowest BCUT2D eigenvalue weighted by Crippen LogP contribution is -2.10. The van der Waals surface area contributed by atoms with E-state index in [1.54, 1.807) is 13.8 Å². The third kappa shape index (κ3) is 2.70. The number of hydrogen-bond acceptors (Lipinski definition) is 4. The predicted molar refractivity (Wildman–Crippen MR) is 65.3 cm³/mol. The fourth-order valence-corrected chi connectivity index (χ4v) is 2.58. The summed E-state index contributed by atoms with van der Waals surface area (Å²) in [5.41, 5.74) is -1.13. The van der Waals surface area contributed by atoms with E-state index in [0.29, 0.717) is 9.71 Å². The molecule has 2 rings (SSSR count). The van der Waals surface area contributed by atoms with E-state index in [2.05, 4.69) is 4.98 Å². The minimum Gasteiger partial charge on any atom is -0.462 e. The molecule has 2 aromatic rings. The summed E-state index contributed by atoms with van der Waals surface area (Å²) in [6.07, 6.45) is -4.55. The smallest absolute Gasteiger partial charge is 0.418 e. The average molecular weight is 289 g/mol. The van der Waals surface area contributed by atoms with Crippen molar-refractivity contribution in [3.05, 3.63) is 28.3 Å². The van der Waals surface area contributed by atoms with E-state index in [0.717, 1.165) is 17.4 Å². The molecule has 0 aliphatic heterocycles. The van der Waals surface area contributed by atoms with Gasteiger partial charge in [-0.2, -0.15) is 13.2 Å². The number of aromatic nitrogens is 1. The van der Waals surface area contributed by atoms with E-state index < -0.39 is 17.7 Å². The molecule has 1 heterocycles. The Balaban J connectivity index is 2.66. The second-order valence-electron chi connectivity index (χ2n) is 3.82. The molecule has 1 aromatic heterocycles. The highest BCUT2D eigenvalue weighted by Gasteiger charge is 2.35. The molecule has 0 amide bonds. The molecule has 0 saturated carbocycles. The Labute approximate surface area is 111 Å². The summed E-state index contributed by atoms with van der Waals surface area (Å²) in [6, 6.07) is 2.17. The standard InChI is InChI=1S/C12H10F3NO2S/c1-3-18-11(17)7-4-8(12(13,14)15)10-9(5-7)19-6(2)16-10/h4-5H,3H2,1-2H3.